The summed E-state index contributed by atoms with van der Waals surface area (Å²) >= 11 is 0. The van der Waals surface area contributed by atoms with Crippen molar-refractivity contribution in [3.63, 3.8) is 0 Å². The minimum absolute atomic E-state index is 0.238. The van der Waals surface area contributed by atoms with E-state index in [4.69, 9.17) is 4.74 Å². The van der Waals surface area contributed by atoms with Crippen LogP contribution in [0, 0.1) is 0 Å². The maximum atomic E-state index is 10.9. The smallest absolute Gasteiger partial charge is 0.444 e. The number of hydrogen-bond donors (Lipinski definition) is 0. The minimum atomic E-state index is -0.897. The summed E-state index contributed by atoms with van der Waals surface area (Å²) in [7, 11) is 0. The number of ether oxygens (including phenoxy) is 2. The number of amides is 2. The number of rotatable bonds is 3. The molecule has 0 aromatic heterocycles. The topological polar surface area (TPSA) is 77.3 Å². The molecule has 0 heterocycles. The lowest BCUT2D eigenvalue weighted by atomic mass is 10.3. The van der Waals surface area contributed by atoms with Crippen molar-refractivity contribution in [1.29, 1.82) is 0 Å². The molecule has 0 saturated carbocycles. The molecule has 15 heavy (non-hydrogen) atoms. The zero-order valence-corrected chi connectivity index (χ0v) is 9.39. The number of nitrogens with zero attached hydrogens (tertiary/aromatic N) is 2. The summed E-state index contributed by atoms with van der Waals surface area (Å²) in [5, 5.41) is 6.10. The van der Waals surface area contributed by atoms with Crippen LogP contribution in [0.1, 0.15) is 34.1 Å². The van der Waals surface area contributed by atoms with Crippen LogP contribution < -0.4 is 0 Å². The van der Waals surface area contributed by atoms with Crippen molar-refractivity contribution in [3.8, 4) is 0 Å². The highest BCUT2D eigenvalue weighted by atomic mass is 16.6. The lowest BCUT2D eigenvalue weighted by Gasteiger charge is -2.06. The molecule has 0 aliphatic heterocycles. The first kappa shape index (κ1) is 13.5. The molecular weight excluding hydrogens is 200 g/mol. The van der Waals surface area contributed by atoms with E-state index in [1.54, 1.807) is 20.8 Å². The summed E-state index contributed by atoms with van der Waals surface area (Å²) in [6.45, 7) is 6.93. The van der Waals surface area contributed by atoms with Crippen molar-refractivity contribution in [2.24, 2.45) is 10.2 Å². The third-order valence-electron chi connectivity index (χ3n) is 1.43. The summed E-state index contributed by atoms with van der Waals surface area (Å²) in [6.07, 6.45) is -1.63. The van der Waals surface area contributed by atoms with Gasteiger partial charge in [-0.2, -0.15) is 0 Å². The molecule has 0 N–H and O–H groups in total. The van der Waals surface area contributed by atoms with Gasteiger partial charge in [-0.05, 0) is 27.2 Å². The molecule has 2 amide bonds. The second-order valence-electron chi connectivity index (χ2n) is 3.24. The minimum Gasteiger partial charge on any atom is -0.444 e. The van der Waals surface area contributed by atoms with Gasteiger partial charge in [0, 0.05) is 0 Å². The first-order valence-corrected chi connectivity index (χ1v) is 4.78. The first-order valence-electron chi connectivity index (χ1n) is 4.78. The van der Waals surface area contributed by atoms with Crippen molar-refractivity contribution < 1.29 is 19.1 Å². The normalized spacial score (nSPS) is 12.9. The van der Waals surface area contributed by atoms with Gasteiger partial charge in [0.2, 0.25) is 0 Å². The van der Waals surface area contributed by atoms with Crippen molar-refractivity contribution >= 4 is 12.2 Å². The predicted molar refractivity (Wildman–Crippen MR) is 52.7 cm³/mol. The quantitative estimate of drug-likeness (QED) is 0.679. The van der Waals surface area contributed by atoms with Gasteiger partial charge in [0.1, 0.15) is 6.10 Å². The highest BCUT2D eigenvalue weighted by molar-refractivity contribution is 5.73. The summed E-state index contributed by atoms with van der Waals surface area (Å²) in [5.41, 5.74) is 0. The van der Waals surface area contributed by atoms with Gasteiger partial charge in [-0.15, -0.1) is 0 Å². The van der Waals surface area contributed by atoms with Gasteiger partial charge in [-0.1, -0.05) is 17.2 Å². The highest BCUT2D eigenvalue weighted by Crippen LogP contribution is 1.99. The Labute approximate surface area is 88.7 Å². The van der Waals surface area contributed by atoms with Crippen LogP contribution in [-0.4, -0.2) is 24.4 Å². The van der Waals surface area contributed by atoms with Crippen molar-refractivity contribution in [3.05, 3.63) is 0 Å². The number of azo groups is 1. The fourth-order valence-corrected chi connectivity index (χ4v) is 0.586. The van der Waals surface area contributed by atoms with Gasteiger partial charge in [0.05, 0.1) is 6.10 Å². The van der Waals surface area contributed by atoms with E-state index in [9.17, 15) is 9.59 Å². The summed E-state index contributed by atoms with van der Waals surface area (Å²) in [5.74, 6) is 0. The number of carbonyl (C=O) groups excluding carboxylic acids is 2. The second kappa shape index (κ2) is 6.92. The SMILES string of the molecule is CCC(C)OC(=O)N=NC(=O)OC(C)C. The molecule has 86 valence electrons. The molecule has 0 aliphatic carbocycles. The van der Waals surface area contributed by atoms with Gasteiger partial charge < -0.3 is 9.47 Å². The standard InChI is InChI=1S/C9H16N2O4/c1-5-7(4)15-9(13)11-10-8(12)14-6(2)3/h6-7H,5H2,1-4H3. The maximum absolute atomic E-state index is 10.9. The molecule has 0 fully saturated rings. The summed E-state index contributed by atoms with van der Waals surface area (Å²) in [6, 6.07) is 0. The Morgan fingerprint density at radius 3 is 1.93 bits per heavy atom. The van der Waals surface area contributed by atoms with E-state index in [1.807, 2.05) is 6.92 Å². The lowest BCUT2D eigenvalue weighted by Crippen LogP contribution is -2.11. The van der Waals surface area contributed by atoms with Crippen LogP contribution >= 0.6 is 0 Å². The van der Waals surface area contributed by atoms with E-state index < -0.39 is 12.2 Å². The average molecular weight is 216 g/mol. The summed E-state index contributed by atoms with van der Waals surface area (Å²) < 4.78 is 9.37. The highest BCUT2D eigenvalue weighted by Gasteiger charge is 2.08. The third kappa shape index (κ3) is 7.60. The van der Waals surface area contributed by atoms with E-state index in [-0.39, 0.29) is 12.2 Å². The Kier molecular flexibility index (Phi) is 6.24. The molecule has 6 heteroatoms. The zero-order valence-electron chi connectivity index (χ0n) is 9.39. The second-order valence-corrected chi connectivity index (χ2v) is 3.24. The van der Waals surface area contributed by atoms with Crippen LogP contribution in [0.25, 0.3) is 0 Å². The molecule has 0 bridgehead atoms. The van der Waals surface area contributed by atoms with E-state index in [1.165, 1.54) is 0 Å². The fourth-order valence-electron chi connectivity index (χ4n) is 0.586. The Hall–Kier alpha value is -1.46. The molecule has 1 unspecified atom stereocenters. The molecule has 0 radical (unpaired) electrons. The van der Waals surface area contributed by atoms with E-state index in [0.29, 0.717) is 6.42 Å². The van der Waals surface area contributed by atoms with Crippen LogP contribution in [0.2, 0.25) is 0 Å². The van der Waals surface area contributed by atoms with Crippen LogP contribution in [0.15, 0.2) is 10.2 Å². The fraction of sp³-hybridized carbons (Fsp3) is 0.778. The molecular formula is C9H16N2O4. The molecule has 0 saturated heterocycles. The molecule has 0 aromatic rings. The molecule has 0 spiro atoms. The van der Waals surface area contributed by atoms with Crippen LogP contribution in [-0.2, 0) is 9.47 Å². The van der Waals surface area contributed by atoms with Gasteiger partial charge >= 0.3 is 12.2 Å². The Balaban J connectivity index is 3.95. The first-order chi connectivity index (χ1) is 6.95. The molecule has 1 atom stereocenters. The van der Waals surface area contributed by atoms with Gasteiger partial charge in [-0.3, -0.25) is 0 Å². The van der Waals surface area contributed by atoms with Crippen LogP contribution in [0.5, 0.6) is 0 Å². The van der Waals surface area contributed by atoms with Crippen LogP contribution in [0.4, 0.5) is 9.59 Å². The molecule has 0 aromatic carbocycles. The number of hydrogen-bond acceptors (Lipinski definition) is 4. The molecule has 0 rings (SSSR count). The van der Waals surface area contributed by atoms with Crippen molar-refractivity contribution in [2.75, 3.05) is 0 Å². The maximum Gasteiger partial charge on any atom is 0.452 e. The molecule has 0 aliphatic rings. The third-order valence-corrected chi connectivity index (χ3v) is 1.43. The predicted octanol–water partition coefficient (Wildman–Crippen LogP) is 2.92. The van der Waals surface area contributed by atoms with Crippen molar-refractivity contribution in [2.45, 2.75) is 46.3 Å². The largest absolute Gasteiger partial charge is 0.452 e. The van der Waals surface area contributed by atoms with Crippen molar-refractivity contribution in [1.82, 2.24) is 0 Å². The Morgan fingerprint density at radius 2 is 1.53 bits per heavy atom. The van der Waals surface area contributed by atoms with E-state index in [2.05, 4.69) is 15.0 Å². The average Bonchev–Trinajstić information content (AvgIpc) is 2.13. The van der Waals surface area contributed by atoms with Gasteiger partial charge in [-0.25, -0.2) is 9.59 Å². The summed E-state index contributed by atoms with van der Waals surface area (Å²) in [4.78, 5) is 21.7. The molecule has 6 nitrogen and oxygen atoms in total. The monoisotopic (exact) mass is 216 g/mol. The lowest BCUT2D eigenvalue weighted by molar-refractivity contribution is 0.108. The zero-order chi connectivity index (χ0) is 11.8. The van der Waals surface area contributed by atoms with Gasteiger partial charge in [0.25, 0.3) is 0 Å². The Bertz CT molecular complexity index is 250. The van der Waals surface area contributed by atoms with Crippen LogP contribution in [0.3, 0.4) is 0 Å². The number of carbonyl (C=O) groups is 2. The van der Waals surface area contributed by atoms with E-state index in [0.717, 1.165) is 0 Å². The van der Waals surface area contributed by atoms with E-state index >= 15 is 0 Å². The van der Waals surface area contributed by atoms with Gasteiger partial charge in [0.15, 0.2) is 0 Å². The Morgan fingerprint density at radius 1 is 1.07 bits per heavy atom.